The molecule has 104 valence electrons. The Bertz CT molecular complexity index is 434. The summed E-state index contributed by atoms with van der Waals surface area (Å²) in [6, 6.07) is 1.78. The molecule has 1 aromatic heterocycles. The van der Waals surface area contributed by atoms with Gasteiger partial charge in [0.05, 0.1) is 0 Å². The van der Waals surface area contributed by atoms with Crippen LogP contribution in [0.4, 0.5) is 11.6 Å². The highest BCUT2D eigenvalue weighted by Crippen LogP contribution is 2.29. The summed E-state index contributed by atoms with van der Waals surface area (Å²) in [5, 5.41) is 12.0. The van der Waals surface area contributed by atoms with E-state index in [0.29, 0.717) is 5.82 Å². The number of rotatable bonds is 7. The molecule has 0 spiro atoms. The summed E-state index contributed by atoms with van der Waals surface area (Å²) >= 11 is 0. The van der Waals surface area contributed by atoms with Crippen molar-refractivity contribution in [1.82, 2.24) is 9.97 Å². The number of carboxylic acids is 1. The monoisotopic (exact) mass is 264 g/mol. The molecule has 19 heavy (non-hydrogen) atoms. The fourth-order valence-electron chi connectivity index (χ4n) is 2.12. The van der Waals surface area contributed by atoms with Crippen LogP contribution in [0.3, 0.4) is 0 Å². The number of carboxylic acid groups (broad SMARTS) is 1. The number of nitrogens with zero attached hydrogens (tertiary/aromatic N) is 3. The van der Waals surface area contributed by atoms with Crippen molar-refractivity contribution < 1.29 is 9.90 Å². The molecule has 0 radical (unpaired) electrons. The standard InChI is InChI=1S/C13H20N4O2/c1-17(8-13(18)19)12-7-11(15-9-16-12)14-6-5-10-3-2-4-10/h7,9-10H,2-6,8H2,1H3,(H,18,19)(H,14,15,16). The van der Waals surface area contributed by atoms with E-state index in [9.17, 15) is 4.79 Å². The second-order valence-electron chi connectivity index (χ2n) is 5.02. The predicted molar refractivity (Wildman–Crippen MR) is 73.4 cm³/mol. The second-order valence-corrected chi connectivity index (χ2v) is 5.02. The molecule has 1 aliphatic carbocycles. The third-order valence-corrected chi connectivity index (χ3v) is 3.50. The summed E-state index contributed by atoms with van der Waals surface area (Å²) in [6.07, 6.45) is 6.68. The van der Waals surface area contributed by atoms with Crippen LogP contribution in [0.25, 0.3) is 0 Å². The molecule has 6 nitrogen and oxygen atoms in total. The molecular weight excluding hydrogens is 244 g/mol. The van der Waals surface area contributed by atoms with Crippen LogP contribution < -0.4 is 10.2 Å². The SMILES string of the molecule is CN(CC(=O)O)c1cc(NCCC2CCC2)ncn1. The van der Waals surface area contributed by atoms with Gasteiger partial charge in [0.15, 0.2) is 0 Å². The zero-order chi connectivity index (χ0) is 13.7. The van der Waals surface area contributed by atoms with Crippen LogP contribution in [0.1, 0.15) is 25.7 Å². The van der Waals surface area contributed by atoms with Crippen molar-refractivity contribution in [3.05, 3.63) is 12.4 Å². The van der Waals surface area contributed by atoms with Crippen LogP contribution in [0.5, 0.6) is 0 Å². The number of anilines is 2. The summed E-state index contributed by atoms with van der Waals surface area (Å²) in [5.74, 6) is 1.36. The van der Waals surface area contributed by atoms with Gasteiger partial charge in [0.1, 0.15) is 24.5 Å². The van der Waals surface area contributed by atoms with Crippen molar-refractivity contribution >= 4 is 17.6 Å². The van der Waals surface area contributed by atoms with Crippen LogP contribution in [-0.4, -0.2) is 41.2 Å². The first-order valence-electron chi connectivity index (χ1n) is 6.64. The van der Waals surface area contributed by atoms with Gasteiger partial charge in [0.2, 0.25) is 0 Å². The summed E-state index contributed by atoms with van der Waals surface area (Å²) < 4.78 is 0. The van der Waals surface area contributed by atoms with Gasteiger partial charge in [-0.25, -0.2) is 9.97 Å². The maximum absolute atomic E-state index is 10.7. The Hall–Kier alpha value is -1.85. The highest BCUT2D eigenvalue weighted by molar-refractivity contribution is 5.73. The highest BCUT2D eigenvalue weighted by atomic mass is 16.4. The van der Waals surface area contributed by atoms with E-state index in [1.54, 1.807) is 18.0 Å². The minimum absolute atomic E-state index is 0.0709. The molecule has 2 rings (SSSR count). The van der Waals surface area contributed by atoms with Crippen molar-refractivity contribution in [3.8, 4) is 0 Å². The number of hydrogen-bond acceptors (Lipinski definition) is 5. The Kier molecular flexibility index (Phi) is 4.54. The predicted octanol–water partition coefficient (Wildman–Crippen LogP) is 1.60. The van der Waals surface area contributed by atoms with Crippen LogP contribution in [0, 0.1) is 5.92 Å². The molecule has 0 unspecified atom stereocenters. The van der Waals surface area contributed by atoms with Crippen molar-refractivity contribution in [1.29, 1.82) is 0 Å². The lowest BCUT2D eigenvalue weighted by Crippen LogP contribution is -2.26. The summed E-state index contributed by atoms with van der Waals surface area (Å²) in [7, 11) is 1.70. The Morgan fingerprint density at radius 2 is 2.32 bits per heavy atom. The van der Waals surface area contributed by atoms with Gasteiger partial charge in [-0.15, -0.1) is 0 Å². The Morgan fingerprint density at radius 1 is 1.53 bits per heavy atom. The van der Waals surface area contributed by atoms with Crippen molar-refractivity contribution in [2.24, 2.45) is 5.92 Å². The van der Waals surface area contributed by atoms with Gasteiger partial charge in [0.25, 0.3) is 0 Å². The fourth-order valence-corrected chi connectivity index (χ4v) is 2.12. The van der Waals surface area contributed by atoms with Gasteiger partial charge in [-0.1, -0.05) is 19.3 Å². The van der Waals surface area contributed by atoms with Crippen LogP contribution >= 0.6 is 0 Å². The third-order valence-electron chi connectivity index (χ3n) is 3.50. The number of nitrogens with one attached hydrogen (secondary N) is 1. The molecule has 0 bridgehead atoms. The molecule has 0 saturated heterocycles. The summed E-state index contributed by atoms with van der Waals surface area (Å²) in [6.45, 7) is 0.836. The molecule has 1 aliphatic rings. The number of aliphatic carboxylic acids is 1. The van der Waals surface area contributed by atoms with Crippen LogP contribution in [-0.2, 0) is 4.79 Å². The normalized spacial score (nSPS) is 14.8. The first-order chi connectivity index (χ1) is 9.15. The van der Waals surface area contributed by atoms with Crippen LogP contribution in [0.15, 0.2) is 12.4 Å². The van der Waals surface area contributed by atoms with Gasteiger partial charge < -0.3 is 15.3 Å². The summed E-state index contributed by atoms with van der Waals surface area (Å²) in [4.78, 5) is 20.5. The molecule has 1 saturated carbocycles. The molecule has 1 heterocycles. The molecule has 6 heteroatoms. The maximum atomic E-state index is 10.7. The van der Waals surface area contributed by atoms with E-state index >= 15 is 0 Å². The molecule has 0 atom stereocenters. The molecular formula is C13H20N4O2. The van der Waals surface area contributed by atoms with E-state index in [0.717, 1.165) is 18.3 Å². The number of carbonyl (C=O) groups is 1. The van der Waals surface area contributed by atoms with Crippen molar-refractivity contribution in [2.45, 2.75) is 25.7 Å². The summed E-state index contributed by atoms with van der Waals surface area (Å²) in [5.41, 5.74) is 0. The van der Waals surface area contributed by atoms with Gasteiger partial charge in [-0.05, 0) is 12.3 Å². The number of hydrogen-bond donors (Lipinski definition) is 2. The molecule has 2 N–H and O–H groups in total. The third kappa shape index (κ3) is 4.08. The molecule has 0 aromatic carbocycles. The second kappa shape index (κ2) is 6.36. The zero-order valence-electron chi connectivity index (χ0n) is 11.2. The molecule has 0 amide bonds. The largest absolute Gasteiger partial charge is 0.480 e. The highest BCUT2D eigenvalue weighted by Gasteiger charge is 2.16. The van der Waals surface area contributed by atoms with E-state index in [1.807, 2.05) is 0 Å². The first kappa shape index (κ1) is 13.6. The lowest BCUT2D eigenvalue weighted by Gasteiger charge is -2.25. The lowest BCUT2D eigenvalue weighted by molar-refractivity contribution is -0.135. The molecule has 0 aliphatic heterocycles. The zero-order valence-corrected chi connectivity index (χ0v) is 11.2. The van der Waals surface area contributed by atoms with Crippen LogP contribution in [0.2, 0.25) is 0 Å². The maximum Gasteiger partial charge on any atom is 0.323 e. The van der Waals surface area contributed by atoms with Gasteiger partial charge >= 0.3 is 5.97 Å². The van der Waals surface area contributed by atoms with E-state index in [4.69, 9.17) is 5.11 Å². The van der Waals surface area contributed by atoms with E-state index < -0.39 is 5.97 Å². The Balaban J connectivity index is 1.84. The van der Waals surface area contributed by atoms with E-state index in [2.05, 4.69) is 15.3 Å². The van der Waals surface area contributed by atoms with Gasteiger partial charge in [-0.3, -0.25) is 4.79 Å². The minimum atomic E-state index is -0.874. The molecule has 1 aromatic rings. The number of aromatic nitrogens is 2. The van der Waals surface area contributed by atoms with Gasteiger partial charge in [-0.2, -0.15) is 0 Å². The Labute approximate surface area is 112 Å². The fraction of sp³-hybridized carbons (Fsp3) is 0.615. The first-order valence-corrected chi connectivity index (χ1v) is 6.64. The lowest BCUT2D eigenvalue weighted by atomic mass is 9.83. The van der Waals surface area contributed by atoms with Crippen molar-refractivity contribution in [3.63, 3.8) is 0 Å². The topological polar surface area (TPSA) is 78.4 Å². The van der Waals surface area contributed by atoms with Gasteiger partial charge in [0, 0.05) is 19.7 Å². The number of likely N-dealkylation sites (N-methyl/N-ethyl adjacent to an activating group) is 1. The minimum Gasteiger partial charge on any atom is -0.480 e. The average molecular weight is 264 g/mol. The average Bonchev–Trinajstić information content (AvgIpc) is 2.32. The van der Waals surface area contributed by atoms with Crippen molar-refractivity contribution in [2.75, 3.05) is 30.4 Å². The Morgan fingerprint density at radius 3 is 2.95 bits per heavy atom. The van der Waals surface area contributed by atoms with E-state index in [1.165, 1.54) is 32.0 Å². The quantitative estimate of drug-likeness (QED) is 0.779. The smallest absolute Gasteiger partial charge is 0.323 e. The van der Waals surface area contributed by atoms with E-state index in [-0.39, 0.29) is 6.54 Å². The molecule has 1 fully saturated rings.